The van der Waals surface area contributed by atoms with Gasteiger partial charge in [-0.1, -0.05) is 72.8 Å². The van der Waals surface area contributed by atoms with Gasteiger partial charge in [0.25, 0.3) is 0 Å². The van der Waals surface area contributed by atoms with Crippen LogP contribution in [0, 0.1) is 30.1 Å². The number of nitrogens with zero attached hydrogens (tertiary/aromatic N) is 1. The molecule has 0 aromatic carbocycles. The zero-order chi connectivity index (χ0) is 24.3. The van der Waals surface area contributed by atoms with E-state index in [2.05, 4.69) is 71.8 Å². The third-order valence-electron chi connectivity index (χ3n) is 7.13. The van der Waals surface area contributed by atoms with Crippen molar-refractivity contribution < 1.29 is 10.2 Å². The minimum atomic E-state index is -0.291. The van der Waals surface area contributed by atoms with Crippen molar-refractivity contribution in [3.05, 3.63) is 21.7 Å². The van der Waals surface area contributed by atoms with Crippen LogP contribution in [-0.2, 0) is 0 Å². The van der Waals surface area contributed by atoms with Crippen LogP contribution in [0.2, 0.25) is 0 Å². The molecule has 0 saturated carbocycles. The van der Waals surface area contributed by atoms with Crippen molar-refractivity contribution in [1.82, 2.24) is 4.98 Å². The van der Waals surface area contributed by atoms with Gasteiger partial charge >= 0.3 is 0 Å². The second-order valence-electron chi connectivity index (χ2n) is 11.2. The molecule has 0 spiro atoms. The van der Waals surface area contributed by atoms with Crippen LogP contribution >= 0.6 is 11.3 Å². The summed E-state index contributed by atoms with van der Waals surface area (Å²) in [4.78, 5) is 4.52. The molecule has 0 aliphatic rings. The Morgan fingerprint density at radius 3 is 2.31 bits per heavy atom. The fourth-order valence-electron chi connectivity index (χ4n) is 4.92. The highest BCUT2D eigenvalue weighted by molar-refractivity contribution is 7.09. The van der Waals surface area contributed by atoms with Gasteiger partial charge in [0, 0.05) is 5.38 Å². The van der Waals surface area contributed by atoms with E-state index in [1.807, 2.05) is 0 Å². The molecular formula is C28H51NO2S. The van der Waals surface area contributed by atoms with E-state index in [0.29, 0.717) is 5.92 Å². The molecule has 0 saturated heterocycles. The lowest BCUT2D eigenvalue weighted by atomic mass is 9.74. The van der Waals surface area contributed by atoms with Gasteiger partial charge in [0.05, 0.1) is 22.9 Å². The average molecular weight is 466 g/mol. The third-order valence-corrected chi connectivity index (χ3v) is 7.93. The minimum absolute atomic E-state index is 0.143. The highest BCUT2D eigenvalue weighted by Gasteiger charge is 2.32. The molecule has 32 heavy (non-hydrogen) atoms. The first kappa shape index (κ1) is 29.3. The van der Waals surface area contributed by atoms with Crippen LogP contribution in [-0.4, -0.2) is 27.4 Å². The lowest BCUT2D eigenvalue weighted by Gasteiger charge is -2.36. The molecule has 1 aromatic rings. The Kier molecular flexibility index (Phi) is 13.3. The molecule has 3 nitrogen and oxygen atoms in total. The van der Waals surface area contributed by atoms with E-state index in [9.17, 15) is 10.2 Å². The SMILES string of the molecule is CCCC(O)C(C)(C)CC(C)C(O)C(C)CCCC(C)CCCC(C)=Cc1csc(C)n1. The first-order valence-electron chi connectivity index (χ1n) is 12.9. The van der Waals surface area contributed by atoms with Crippen molar-refractivity contribution in [1.29, 1.82) is 0 Å². The fraction of sp³-hybridized carbons (Fsp3) is 0.821. The Balaban J connectivity index is 2.29. The second kappa shape index (κ2) is 14.5. The number of hydrogen-bond donors (Lipinski definition) is 2. The molecule has 5 unspecified atom stereocenters. The molecule has 2 N–H and O–H groups in total. The zero-order valence-electron chi connectivity index (χ0n) is 22.2. The number of aliphatic hydroxyl groups is 2. The molecule has 5 atom stereocenters. The molecule has 0 fully saturated rings. The van der Waals surface area contributed by atoms with Gasteiger partial charge in [0.1, 0.15) is 0 Å². The van der Waals surface area contributed by atoms with Crippen molar-refractivity contribution >= 4 is 17.4 Å². The van der Waals surface area contributed by atoms with E-state index in [-0.39, 0.29) is 23.5 Å². The van der Waals surface area contributed by atoms with Gasteiger partial charge in [0.15, 0.2) is 0 Å². The van der Waals surface area contributed by atoms with Gasteiger partial charge in [-0.2, -0.15) is 0 Å². The molecule has 0 aliphatic carbocycles. The van der Waals surface area contributed by atoms with Crippen LogP contribution in [0.4, 0.5) is 0 Å². The molecule has 4 heteroatoms. The summed E-state index contributed by atoms with van der Waals surface area (Å²) in [6.45, 7) is 17.4. The van der Waals surface area contributed by atoms with Crippen LogP contribution in [0.1, 0.15) is 117 Å². The highest BCUT2D eigenvalue weighted by Crippen LogP contribution is 2.35. The minimum Gasteiger partial charge on any atom is -0.393 e. The van der Waals surface area contributed by atoms with E-state index >= 15 is 0 Å². The Morgan fingerprint density at radius 2 is 1.72 bits per heavy atom. The summed E-state index contributed by atoms with van der Waals surface area (Å²) in [7, 11) is 0. The topological polar surface area (TPSA) is 53.4 Å². The Bertz CT molecular complexity index is 666. The largest absolute Gasteiger partial charge is 0.393 e. The number of aliphatic hydroxyl groups excluding tert-OH is 2. The number of thiazole rings is 1. The molecule has 0 amide bonds. The van der Waals surface area contributed by atoms with Gasteiger partial charge in [-0.25, -0.2) is 4.98 Å². The summed E-state index contributed by atoms with van der Waals surface area (Å²) < 4.78 is 0. The van der Waals surface area contributed by atoms with Crippen molar-refractivity contribution in [2.24, 2.45) is 23.2 Å². The summed E-state index contributed by atoms with van der Waals surface area (Å²) >= 11 is 1.71. The van der Waals surface area contributed by atoms with Gasteiger partial charge in [0.2, 0.25) is 0 Å². The number of rotatable bonds is 16. The zero-order valence-corrected chi connectivity index (χ0v) is 23.0. The Labute approximate surface area is 202 Å². The predicted molar refractivity (Wildman–Crippen MR) is 141 cm³/mol. The van der Waals surface area contributed by atoms with Gasteiger partial charge in [-0.05, 0) is 75.2 Å². The summed E-state index contributed by atoms with van der Waals surface area (Å²) in [6, 6.07) is 0. The third kappa shape index (κ3) is 10.9. The van der Waals surface area contributed by atoms with Crippen LogP contribution < -0.4 is 0 Å². The van der Waals surface area contributed by atoms with E-state index in [0.717, 1.165) is 48.7 Å². The second-order valence-corrected chi connectivity index (χ2v) is 12.2. The van der Waals surface area contributed by atoms with E-state index in [1.54, 1.807) is 11.3 Å². The number of aromatic nitrogens is 1. The molecular weight excluding hydrogens is 414 g/mol. The number of aryl methyl sites for hydroxylation is 1. The number of hydrogen-bond acceptors (Lipinski definition) is 4. The van der Waals surface area contributed by atoms with E-state index < -0.39 is 0 Å². The maximum Gasteiger partial charge on any atom is 0.0901 e. The van der Waals surface area contributed by atoms with Crippen LogP contribution in [0.25, 0.3) is 6.08 Å². The molecule has 1 rings (SSSR count). The van der Waals surface area contributed by atoms with Crippen LogP contribution in [0.3, 0.4) is 0 Å². The lowest BCUT2D eigenvalue weighted by molar-refractivity contribution is -0.00899. The summed E-state index contributed by atoms with van der Waals surface area (Å²) in [5.74, 6) is 1.25. The average Bonchev–Trinajstić information content (AvgIpc) is 3.11. The first-order chi connectivity index (χ1) is 15.0. The monoisotopic (exact) mass is 465 g/mol. The van der Waals surface area contributed by atoms with Gasteiger partial charge < -0.3 is 10.2 Å². The quantitative estimate of drug-likeness (QED) is 0.260. The van der Waals surface area contributed by atoms with Crippen LogP contribution in [0.5, 0.6) is 0 Å². The number of allylic oxidation sites excluding steroid dienone is 1. The molecule has 0 aliphatic heterocycles. The van der Waals surface area contributed by atoms with Crippen molar-refractivity contribution in [2.75, 3.05) is 0 Å². The standard InChI is InChI=1S/C28H51NO2S/c1-9-12-26(30)28(7,8)18-23(5)27(31)22(4)16-11-14-20(2)13-10-15-21(3)17-25-19-32-24(6)29-25/h17,19-20,22-23,26-27,30-31H,9-16,18H2,1-8H3. The maximum atomic E-state index is 10.9. The predicted octanol–water partition coefficient (Wildman–Crippen LogP) is 8.04. The van der Waals surface area contributed by atoms with Crippen molar-refractivity contribution in [3.8, 4) is 0 Å². The summed E-state index contributed by atoms with van der Waals surface area (Å²) in [5, 5.41) is 24.6. The molecule has 186 valence electrons. The van der Waals surface area contributed by atoms with E-state index in [1.165, 1.54) is 31.3 Å². The first-order valence-corrected chi connectivity index (χ1v) is 13.8. The molecule has 1 aromatic heterocycles. The van der Waals surface area contributed by atoms with E-state index in [4.69, 9.17) is 0 Å². The summed E-state index contributed by atoms with van der Waals surface area (Å²) in [5.41, 5.74) is 2.37. The molecule has 0 bridgehead atoms. The molecule has 1 heterocycles. The maximum absolute atomic E-state index is 10.9. The van der Waals surface area contributed by atoms with Gasteiger partial charge in [-0.3, -0.25) is 0 Å². The Morgan fingerprint density at radius 1 is 1.06 bits per heavy atom. The normalized spacial score (nSPS) is 17.8. The van der Waals surface area contributed by atoms with Gasteiger partial charge in [-0.15, -0.1) is 11.3 Å². The smallest absolute Gasteiger partial charge is 0.0901 e. The molecule has 0 radical (unpaired) electrons. The highest BCUT2D eigenvalue weighted by atomic mass is 32.1. The lowest BCUT2D eigenvalue weighted by Crippen LogP contribution is -2.35. The van der Waals surface area contributed by atoms with Crippen molar-refractivity contribution in [3.63, 3.8) is 0 Å². The fourth-order valence-corrected chi connectivity index (χ4v) is 5.49. The Hall–Kier alpha value is -0.710. The summed E-state index contributed by atoms with van der Waals surface area (Å²) in [6.07, 6.45) is 11.5. The van der Waals surface area contributed by atoms with Crippen molar-refractivity contribution in [2.45, 2.75) is 125 Å². The van der Waals surface area contributed by atoms with Crippen LogP contribution in [0.15, 0.2) is 11.0 Å².